The molecule has 2 nitrogen and oxygen atoms in total. The molecular formula is C17H15Cl2NO. The lowest BCUT2D eigenvalue weighted by Crippen LogP contribution is -2.35. The van der Waals surface area contributed by atoms with Crippen LogP contribution in [-0.4, -0.2) is 12.3 Å². The van der Waals surface area contributed by atoms with Gasteiger partial charge in [-0.15, -0.1) is 0 Å². The maximum Gasteiger partial charge on any atom is 0.158 e. The van der Waals surface area contributed by atoms with Gasteiger partial charge in [0.2, 0.25) is 0 Å². The predicted octanol–water partition coefficient (Wildman–Crippen LogP) is 3.99. The van der Waals surface area contributed by atoms with Gasteiger partial charge in [0.1, 0.15) is 0 Å². The second-order valence-electron chi connectivity index (χ2n) is 5.18. The van der Waals surface area contributed by atoms with E-state index in [0.29, 0.717) is 15.6 Å². The fourth-order valence-corrected chi connectivity index (χ4v) is 3.30. The van der Waals surface area contributed by atoms with Crippen LogP contribution in [0, 0.1) is 0 Å². The number of ketones is 1. The Hall–Kier alpha value is -1.35. The highest BCUT2D eigenvalue weighted by Gasteiger charge is 2.26. The summed E-state index contributed by atoms with van der Waals surface area (Å²) in [5.41, 5.74) is 3.01. The summed E-state index contributed by atoms with van der Waals surface area (Å²) in [6.45, 7) is 0.809. The molecular weight excluding hydrogens is 305 g/mol. The molecule has 1 heterocycles. The zero-order valence-electron chi connectivity index (χ0n) is 11.4. The minimum Gasteiger partial charge on any atom is -0.303 e. The highest BCUT2D eigenvalue weighted by Crippen LogP contribution is 2.29. The first-order chi connectivity index (χ1) is 10.2. The monoisotopic (exact) mass is 319 g/mol. The number of fused-ring (bicyclic) bond motifs is 1. The summed E-state index contributed by atoms with van der Waals surface area (Å²) in [7, 11) is 0. The number of rotatable bonds is 3. The van der Waals surface area contributed by atoms with Gasteiger partial charge in [0.05, 0.1) is 6.04 Å². The third kappa shape index (κ3) is 2.98. The first-order valence-electron chi connectivity index (χ1n) is 6.93. The van der Waals surface area contributed by atoms with Crippen molar-refractivity contribution in [3.63, 3.8) is 0 Å². The Morgan fingerprint density at radius 3 is 2.57 bits per heavy atom. The molecule has 1 aliphatic rings. The molecule has 4 heteroatoms. The van der Waals surface area contributed by atoms with Crippen molar-refractivity contribution in [2.24, 2.45) is 0 Å². The van der Waals surface area contributed by atoms with Crippen LogP contribution < -0.4 is 5.32 Å². The zero-order chi connectivity index (χ0) is 14.8. The molecule has 0 saturated carbocycles. The fraction of sp³-hybridized carbons (Fsp3) is 0.235. The van der Waals surface area contributed by atoms with Crippen molar-refractivity contribution in [2.75, 3.05) is 6.54 Å². The standard InChI is InChI=1S/C17H15Cl2NO/c18-14-6-3-7-15(19)13(14)10-16(21)17-12-5-2-1-4-11(12)8-9-20-17/h1-7,17,20H,8-10H2. The van der Waals surface area contributed by atoms with Crippen molar-refractivity contribution in [2.45, 2.75) is 18.9 Å². The Balaban J connectivity index is 1.87. The SMILES string of the molecule is O=C(Cc1c(Cl)cccc1Cl)C1NCCc2ccccc21. The van der Waals surface area contributed by atoms with Crippen molar-refractivity contribution in [1.82, 2.24) is 5.32 Å². The van der Waals surface area contributed by atoms with Gasteiger partial charge in [-0.25, -0.2) is 0 Å². The summed E-state index contributed by atoms with van der Waals surface area (Å²) >= 11 is 12.3. The van der Waals surface area contributed by atoms with Crippen LogP contribution in [0.15, 0.2) is 42.5 Å². The molecule has 0 aliphatic carbocycles. The number of benzene rings is 2. The average molecular weight is 320 g/mol. The van der Waals surface area contributed by atoms with Crippen LogP contribution >= 0.6 is 23.2 Å². The van der Waals surface area contributed by atoms with Crippen molar-refractivity contribution in [3.8, 4) is 0 Å². The summed E-state index contributed by atoms with van der Waals surface area (Å²) < 4.78 is 0. The molecule has 0 saturated heterocycles. The third-order valence-electron chi connectivity index (χ3n) is 3.84. The number of carbonyl (C=O) groups excluding carboxylic acids is 1. The van der Waals surface area contributed by atoms with Crippen LogP contribution in [0.4, 0.5) is 0 Å². The van der Waals surface area contributed by atoms with Crippen LogP contribution in [0.25, 0.3) is 0 Å². The first-order valence-corrected chi connectivity index (χ1v) is 7.69. The van der Waals surface area contributed by atoms with E-state index >= 15 is 0 Å². The summed E-state index contributed by atoms with van der Waals surface area (Å²) in [6, 6.07) is 13.1. The minimum absolute atomic E-state index is 0.0946. The molecule has 21 heavy (non-hydrogen) atoms. The van der Waals surface area contributed by atoms with Crippen molar-refractivity contribution in [1.29, 1.82) is 0 Å². The zero-order valence-corrected chi connectivity index (χ0v) is 12.9. The number of carbonyl (C=O) groups is 1. The van der Waals surface area contributed by atoms with Gasteiger partial charge >= 0.3 is 0 Å². The minimum atomic E-state index is -0.276. The van der Waals surface area contributed by atoms with E-state index in [9.17, 15) is 4.79 Å². The molecule has 0 spiro atoms. The lowest BCUT2D eigenvalue weighted by Gasteiger charge is -2.26. The second-order valence-corrected chi connectivity index (χ2v) is 5.99. The molecule has 1 unspecified atom stereocenters. The van der Waals surface area contributed by atoms with Crippen molar-refractivity contribution in [3.05, 3.63) is 69.2 Å². The maximum atomic E-state index is 12.7. The highest BCUT2D eigenvalue weighted by atomic mass is 35.5. The molecule has 1 aliphatic heterocycles. The summed E-state index contributed by atoms with van der Waals surface area (Å²) in [5.74, 6) is 0.0946. The van der Waals surface area contributed by atoms with Crippen LogP contribution in [-0.2, 0) is 17.6 Å². The van der Waals surface area contributed by atoms with Crippen molar-refractivity contribution >= 4 is 29.0 Å². The van der Waals surface area contributed by atoms with E-state index in [0.717, 1.165) is 18.5 Å². The van der Waals surface area contributed by atoms with Gasteiger partial charge in [-0.3, -0.25) is 4.79 Å². The van der Waals surface area contributed by atoms with Gasteiger partial charge in [0.25, 0.3) is 0 Å². The molecule has 0 bridgehead atoms. The first kappa shape index (κ1) is 14.6. The Morgan fingerprint density at radius 2 is 1.81 bits per heavy atom. The normalized spacial score (nSPS) is 17.3. The number of hydrogen-bond donors (Lipinski definition) is 1. The van der Waals surface area contributed by atoms with E-state index in [1.165, 1.54) is 5.56 Å². The fourth-order valence-electron chi connectivity index (χ4n) is 2.77. The van der Waals surface area contributed by atoms with Gasteiger partial charge in [-0.1, -0.05) is 53.5 Å². The van der Waals surface area contributed by atoms with Crippen LogP contribution in [0.5, 0.6) is 0 Å². The number of Topliss-reactive ketones (excluding diaryl/α,β-unsaturated/α-hetero) is 1. The second kappa shape index (κ2) is 6.18. The van der Waals surface area contributed by atoms with E-state index in [1.54, 1.807) is 18.2 Å². The van der Waals surface area contributed by atoms with Crippen molar-refractivity contribution < 1.29 is 4.79 Å². The van der Waals surface area contributed by atoms with E-state index in [-0.39, 0.29) is 18.2 Å². The number of hydrogen-bond acceptors (Lipinski definition) is 2. The Bertz CT molecular complexity index is 664. The Labute approximate surface area is 134 Å². The third-order valence-corrected chi connectivity index (χ3v) is 4.55. The predicted molar refractivity (Wildman–Crippen MR) is 86.1 cm³/mol. The molecule has 2 aromatic rings. The molecule has 0 amide bonds. The molecule has 3 rings (SSSR count). The molecule has 108 valence electrons. The van der Waals surface area contributed by atoms with Crippen LogP contribution in [0.2, 0.25) is 10.0 Å². The van der Waals surface area contributed by atoms with E-state index in [4.69, 9.17) is 23.2 Å². The smallest absolute Gasteiger partial charge is 0.158 e. The molecule has 0 fully saturated rings. The quantitative estimate of drug-likeness (QED) is 0.926. The Kier molecular flexibility index (Phi) is 4.29. The topological polar surface area (TPSA) is 29.1 Å². The molecule has 0 aromatic heterocycles. The van der Waals surface area contributed by atoms with Gasteiger partial charge in [0, 0.05) is 23.0 Å². The summed E-state index contributed by atoms with van der Waals surface area (Å²) in [6.07, 6.45) is 1.19. The van der Waals surface area contributed by atoms with E-state index in [2.05, 4.69) is 11.4 Å². The maximum absolute atomic E-state index is 12.7. The van der Waals surface area contributed by atoms with Gasteiger partial charge in [-0.2, -0.15) is 0 Å². The lowest BCUT2D eigenvalue weighted by molar-refractivity contribution is -0.120. The summed E-state index contributed by atoms with van der Waals surface area (Å²) in [5, 5.41) is 4.38. The average Bonchev–Trinajstić information content (AvgIpc) is 2.50. The molecule has 1 N–H and O–H groups in total. The van der Waals surface area contributed by atoms with E-state index in [1.807, 2.05) is 18.2 Å². The highest BCUT2D eigenvalue weighted by molar-refractivity contribution is 6.36. The van der Waals surface area contributed by atoms with Gasteiger partial charge in [0.15, 0.2) is 5.78 Å². The van der Waals surface area contributed by atoms with Gasteiger partial charge < -0.3 is 5.32 Å². The lowest BCUT2D eigenvalue weighted by atomic mass is 9.90. The van der Waals surface area contributed by atoms with Gasteiger partial charge in [-0.05, 0) is 35.2 Å². The molecule has 2 aromatic carbocycles. The number of nitrogens with one attached hydrogen (secondary N) is 1. The largest absolute Gasteiger partial charge is 0.303 e. The van der Waals surface area contributed by atoms with Crippen LogP contribution in [0.3, 0.4) is 0 Å². The number of halogens is 2. The van der Waals surface area contributed by atoms with E-state index < -0.39 is 0 Å². The molecule has 1 atom stereocenters. The Morgan fingerprint density at radius 1 is 1.10 bits per heavy atom. The summed E-state index contributed by atoms with van der Waals surface area (Å²) in [4.78, 5) is 12.7. The molecule has 0 radical (unpaired) electrons. The van der Waals surface area contributed by atoms with Crippen LogP contribution in [0.1, 0.15) is 22.7 Å².